The van der Waals surface area contributed by atoms with Gasteiger partial charge in [-0.3, -0.25) is 4.79 Å². The lowest BCUT2D eigenvalue weighted by atomic mass is 10.1. The third-order valence-electron chi connectivity index (χ3n) is 5.07. The fourth-order valence-electron chi connectivity index (χ4n) is 3.59. The molecule has 4 heteroatoms. The number of benzene rings is 1. The number of ether oxygens (including phenoxy) is 1. The molecule has 0 aliphatic carbocycles. The quantitative estimate of drug-likeness (QED) is 0.635. The van der Waals surface area contributed by atoms with Crippen molar-refractivity contribution >= 4 is 11.9 Å². The Hall–Kier alpha value is -3.01. The Balaban J connectivity index is 2.04. The molecule has 1 aliphatic heterocycles. The molecule has 3 rings (SSSR count). The number of aromatic nitrogens is 1. The van der Waals surface area contributed by atoms with Crippen LogP contribution in [-0.4, -0.2) is 17.5 Å². The number of Topliss-reactive ketones (excluding diaryl/α,β-unsaturated/α-hetero) is 1. The number of hydrogen-bond acceptors (Lipinski definition) is 3. The number of aryl methyl sites for hydroxylation is 3. The highest BCUT2D eigenvalue weighted by atomic mass is 16.5. The van der Waals surface area contributed by atoms with Gasteiger partial charge in [0.15, 0.2) is 0 Å². The summed E-state index contributed by atoms with van der Waals surface area (Å²) in [6.45, 7) is 14.1. The average molecular weight is 362 g/mol. The van der Waals surface area contributed by atoms with Crippen LogP contribution in [0.3, 0.4) is 0 Å². The number of carbonyl (C=O) groups excluding carboxylic acids is 1. The van der Waals surface area contributed by atoms with Crippen molar-refractivity contribution in [2.24, 2.45) is 0 Å². The number of nitrogens with one attached hydrogen (secondary N) is 1. The number of carbonyl (C=O) groups is 1. The van der Waals surface area contributed by atoms with Gasteiger partial charge >= 0.3 is 0 Å². The van der Waals surface area contributed by atoms with Crippen molar-refractivity contribution in [2.75, 3.05) is 7.11 Å². The minimum absolute atomic E-state index is 0.0871. The fraction of sp³-hybridized carbons (Fsp3) is 0.261. The summed E-state index contributed by atoms with van der Waals surface area (Å²) in [6, 6.07) is 8.56. The Bertz CT molecular complexity index is 1020. The summed E-state index contributed by atoms with van der Waals surface area (Å²) in [5.41, 5.74) is 8.66. The molecule has 0 atom stereocenters. The summed E-state index contributed by atoms with van der Waals surface area (Å²) < 4.78 is 7.40. The largest absolute Gasteiger partial charge is 0.497 e. The lowest BCUT2D eigenvalue weighted by Crippen LogP contribution is -2.09. The summed E-state index contributed by atoms with van der Waals surface area (Å²) in [5.74, 6) is 0.296. The van der Waals surface area contributed by atoms with Gasteiger partial charge in [0, 0.05) is 22.8 Å². The monoisotopic (exact) mass is 362 g/mol. The summed E-state index contributed by atoms with van der Waals surface area (Å²) >= 11 is 0. The fourth-order valence-corrected chi connectivity index (χ4v) is 3.59. The Morgan fingerprint density at radius 2 is 1.85 bits per heavy atom. The van der Waals surface area contributed by atoms with Gasteiger partial charge in [-0.05, 0) is 69.5 Å². The zero-order chi connectivity index (χ0) is 19.9. The summed E-state index contributed by atoms with van der Waals surface area (Å²) in [4.78, 5) is 12.8. The first-order chi connectivity index (χ1) is 12.7. The SMILES string of the molecule is C=C(OC)C1=C(C)N/C(=C\c2cc(C)n(-c3cc(C)ccc3C)c2C)C1=O. The normalized spacial score (nSPS) is 15.5. The van der Waals surface area contributed by atoms with E-state index in [0.29, 0.717) is 17.0 Å². The molecule has 2 aromatic rings. The van der Waals surface area contributed by atoms with Gasteiger partial charge in [0.25, 0.3) is 0 Å². The maximum absolute atomic E-state index is 12.8. The first-order valence-electron chi connectivity index (χ1n) is 8.98. The van der Waals surface area contributed by atoms with Gasteiger partial charge in [0.2, 0.25) is 5.78 Å². The second kappa shape index (κ2) is 6.95. The molecule has 0 saturated carbocycles. The molecule has 1 N–H and O–H groups in total. The summed E-state index contributed by atoms with van der Waals surface area (Å²) in [7, 11) is 1.52. The maximum Gasteiger partial charge on any atom is 0.214 e. The highest BCUT2D eigenvalue weighted by Crippen LogP contribution is 2.29. The van der Waals surface area contributed by atoms with Gasteiger partial charge in [-0.2, -0.15) is 0 Å². The Morgan fingerprint density at radius 3 is 2.52 bits per heavy atom. The highest BCUT2D eigenvalue weighted by molar-refractivity contribution is 6.15. The molecule has 0 unspecified atom stereocenters. The minimum Gasteiger partial charge on any atom is -0.497 e. The molecule has 0 fully saturated rings. The molecule has 0 saturated heterocycles. The average Bonchev–Trinajstić information content (AvgIpc) is 3.05. The molecule has 1 aromatic carbocycles. The van der Waals surface area contributed by atoms with Gasteiger partial charge in [0.05, 0.1) is 18.4 Å². The van der Waals surface area contributed by atoms with Crippen LogP contribution in [0.5, 0.6) is 0 Å². The van der Waals surface area contributed by atoms with Crippen molar-refractivity contribution in [3.05, 3.63) is 81.6 Å². The molecule has 4 nitrogen and oxygen atoms in total. The van der Waals surface area contributed by atoms with Crippen molar-refractivity contribution in [3.63, 3.8) is 0 Å². The van der Waals surface area contributed by atoms with Gasteiger partial charge in [-0.25, -0.2) is 0 Å². The van der Waals surface area contributed by atoms with Crippen LogP contribution in [0.2, 0.25) is 0 Å². The van der Waals surface area contributed by atoms with Crippen molar-refractivity contribution in [1.29, 1.82) is 0 Å². The van der Waals surface area contributed by atoms with E-state index in [1.54, 1.807) is 0 Å². The molecule has 1 aliphatic rings. The van der Waals surface area contributed by atoms with Crippen LogP contribution >= 0.6 is 0 Å². The van der Waals surface area contributed by atoms with Crippen molar-refractivity contribution in [1.82, 2.24) is 9.88 Å². The lowest BCUT2D eigenvalue weighted by molar-refractivity contribution is -0.112. The highest BCUT2D eigenvalue weighted by Gasteiger charge is 2.28. The Morgan fingerprint density at radius 1 is 1.15 bits per heavy atom. The molecule has 140 valence electrons. The first-order valence-corrected chi connectivity index (χ1v) is 8.98. The number of rotatable bonds is 4. The summed E-state index contributed by atoms with van der Waals surface area (Å²) in [6.07, 6.45) is 1.91. The third-order valence-corrected chi connectivity index (χ3v) is 5.07. The van der Waals surface area contributed by atoms with Crippen molar-refractivity contribution in [2.45, 2.75) is 34.6 Å². The van der Waals surface area contributed by atoms with E-state index in [1.807, 2.05) is 13.0 Å². The number of methoxy groups -OCH3 is 1. The lowest BCUT2D eigenvalue weighted by Gasteiger charge is -2.13. The van der Waals surface area contributed by atoms with Gasteiger partial charge in [-0.1, -0.05) is 18.7 Å². The summed E-state index contributed by atoms with van der Waals surface area (Å²) in [5, 5.41) is 3.17. The van der Waals surface area contributed by atoms with E-state index in [9.17, 15) is 4.79 Å². The molecule has 0 bridgehead atoms. The predicted octanol–water partition coefficient (Wildman–Crippen LogP) is 4.66. The molecule has 2 heterocycles. The number of nitrogens with zero attached hydrogens (tertiary/aromatic N) is 1. The molecular formula is C23H26N2O2. The van der Waals surface area contributed by atoms with Gasteiger partial charge in [-0.15, -0.1) is 0 Å². The van der Waals surface area contributed by atoms with Crippen LogP contribution in [0, 0.1) is 27.7 Å². The van der Waals surface area contributed by atoms with Gasteiger partial charge < -0.3 is 14.6 Å². The molecule has 27 heavy (non-hydrogen) atoms. The minimum atomic E-state index is -0.0871. The first kappa shape index (κ1) is 18.8. The van der Waals surface area contributed by atoms with E-state index >= 15 is 0 Å². The van der Waals surface area contributed by atoms with Crippen LogP contribution in [0.15, 0.2) is 53.6 Å². The van der Waals surface area contributed by atoms with E-state index < -0.39 is 0 Å². The van der Waals surface area contributed by atoms with Crippen LogP contribution < -0.4 is 5.32 Å². The standard InChI is InChI=1S/C23H26N2O2/c1-13-8-9-14(2)21(10-13)25-15(3)11-19(17(25)5)12-20-23(26)22(16(4)24-20)18(6)27-7/h8-12,24H,6H2,1-5,7H3/b20-12-. The van der Waals surface area contributed by atoms with Gasteiger partial charge in [0.1, 0.15) is 5.76 Å². The molecule has 1 aromatic heterocycles. The Labute approximate surface area is 160 Å². The van der Waals surface area contributed by atoms with Crippen LogP contribution in [0.4, 0.5) is 0 Å². The second-order valence-electron chi connectivity index (χ2n) is 7.09. The zero-order valence-corrected chi connectivity index (χ0v) is 16.9. The zero-order valence-electron chi connectivity index (χ0n) is 16.9. The van der Waals surface area contributed by atoms with Crippen molar-refractivity contribution < 1.29 is 9.53 Å². The number of allylic oxidation sites excluding steroid dienone is 3. The number of hydrogen-bond donors (Lipinski definition) is 1. The van der Waals surface area contributed by atoms with Crippen LogP contribution in [0.1, 0.15) is 35.0 Å². The van der Waals surface area contributed by atoms with Crippen LogP contribution in [0.25, 0.3) is 11.8 Å². The van der Waals surface area contributed by atoms with E-state index in [1.165, 1.54) is 23.9 Å². The van der Waals surface area contributed by atoms with E-state index in [-0.39, 0.29) is 5.78 Å². The molecule has 0 amide bonds. The van der Waals surface area contributed by atoms with E-state index in [0.717, 1.165) is 22.6 Å². The Kier molecular flexibility index (Phi) is 4.83. The third kappa shape index (κ3) is 3.23. The molecule has 0 spiro atoms. The van der Waals surface area contributed by atoms with E-state index in [4.69, 9.17) is 4.74 Å². The van der Waals surface area contributed by atoms with Crippen molar-refractivity contribution in [3.8, 4) is 5.69 Å². The second-order valence-corrected chi connectivity index (χ2v) is 7.09. The topological polar surface area (TPSA) is 43.3 Å². The maximum atomic E-state index is 12.8. The number of ketones is 1. The smallest absolute Gasteiger partial charge is 0.214 e. The molecular weight excluding hydrogens is 336 g/mol. The molecule has 0 radical (unpaired) electrons. The predicted molar refractivity (Wildman–Crippen MR) is 110 cm³/mol. The van der Waals surface area contributed by atoms with Crippen LogP contribution in [-0.2, 0) is 9.53 Å². The van der Waals surface area contributed by atoms with E-state index in [2.05, 4.69) is 68.4 Å².